The summed E-state index contributed by atoms with van der Waals surface area (Å²) in [6.45, 7) is 0. The first kappa shape index (κ1) is 14.6. The maximum Gasteiger partial charge on any atom is 0.180 e. The highest BCUT2D eigenvalue weighted by molar-refractivity contribution is 5.92. The maximum absolute atomic E-state index is 4.56. The van der Waals surface area contributed by atoms with E-state index in [2.05, 4.69) is 25.4 Å². The highest BCUT2D eigenvalue weighted by Gasteiger charge is 2.12. The van der Waals surface area contributed by atoms with Crippen molar-refractivity contribution in [3.63, 3.8) is 0 Å². The SMILES string of the molecule is Cn1cc(-c2cnc3c(Nc4cccc5cccnc45)nccn23)cn1. The van der Waals surface area contributed by atoms with E-state index < -0.39 is 0 Å². The zero-order chi connectivity index (χ0) is 17.5. The maximum atomic E-state index is 4.56. The molecule has 0 atom stereocenters. The molecule has 0 saturated carbocycles. The monoisotopic (exact) mass is 341 g/mol. The van der Waals surface area contributed by atoms with Gasteiger partial charge in [-0.1, -0.05) is 18.2 Å². The van der Waals surface area contributed by atoms with Gasteiger partial charge in [0, 0.05) is 42.8 Å². The summed E-state index contributed by atoms with van der Waals surface area (Å²) in [6, 6.07) is 10.00. The van der Waals surface area contributed by atoms with E-state index in [1.165, 1.54) is 0 Å². The molecule has 0 unspecified atom stereocenters. The second kappa shape index (κ2) is 5.66. The van der Waals surface area contributed by atoms with Crippen LogP contribution in [0.3, 0.4) is 0 Å². The van der Waals surface area contributed by atoms with Crippen LogP contribution in [0.15, 0.2) is 67.5 Å². The average Bonchev–Trinajstić information content (AvgIpc) is 3.28. The molecular weight excluding hydrogens is 326 g/mol. The molecule has 0 aliphatic rings. The first-order valence-electron chi connectivity index (χ1n) is 8.21. The van der Waals surface area contributed by atoms with Crippen molar-refractivity contribution in [2.75, 3.05) is 5.32 Å². The molecular formula is C19H15N7. The van der Waals surface area contributed by atoms with Crippen molar-refractivity contribution >= 4 is 28.1 Å². The highest BCUT2D eigenvalue weighted by atomic mass is 15.2. The molecule has 5 rings (SSSR count). The van der Waals surface area contributed by atoms with Crippen LogP contribution in [0.4, 0.5) is 11.5 Å². The third-order valence-electron chi connectivity index (χ3n) is 4.31. The van der Waals surface area contributed by atoms with E-state index in [0.717, 1.165) is 33.5 Å². The number of nitrogens with one attached hydrogen (secondary N) is 1. The van der Waals surface area contributed by atoms with Gasteiger partial charge in [-0.3, -0.25) is 14.1 Å². The van der Waals surface area contributed by atoms with Crippen molar-refractivity contribution in [3.8, 4) is 11.3 Å². The summed E-state index contributed by atoms with van der Waals surface area (Å²) in [7, 11) is 1.90. The number of para-hydroxylation sites is 1. The number of nitrogens with zero attached hydrogens (tertiary/aromatic N) is 6. The Morgan fingerprint density at radius 1 is 0.962 bits per heavy atom. The summed E-state index contributed by atoms with van der Waals surface area (Å²) in [5.74, 6) is 0.681. The number of fused-ring (bicyclic) bond motifs is 2. The topological polar surface area (TPSA) is 72.9 Å². The largest absolute Gasteiger partial charge is 0.335 e. The number of aromatic nitrogens is 6. The number of anilines is 2. The normalized spacial score (nSPS) is 11.3. The number of hydrogen-bond donors (Lipinski definition) is 1. The lowest BCUT2D eigenvalue weighted by Crippen LogP contribution is -1.99. The van der Waals surface area contributed by atoms with E-state index in [4.69, 9.17) is 0 Å². The second-order valence-electron chi connectivity index (χ2n) is 6.02. The minimum atomic E-state index is 0.681. The summed E-state index contributed by atoms with van der Waals surface area (Å²) in [6.07, 6.45) is 11.1. The molecule has 0 aliphatic heterocycles. The molecule has 1 aromatic carbocycles. The van der Waals surface area contributed by atoms with Gasteiger partial charge in [-0.15, -0.1) is 0 Å². The molecule has 4 aromatic heterocycles. The van der Waals surface area contributed by atoms with Crippen molar-refractivity contribution in [1.82, 2.24) is 29.1 Å². The molecule has 0 aliphatic carbocycles. The van der Waals surface area contributed by atoms with Gasteiger partial charge in [0.25, 0.3) is 0 Å². The molecule has 7 heteroatoms. The molecule has 4 heterocycles. The molecule has 0 spiro atoms. The third-order valence-corrected chi connectivity index (χ3v) is 4.31. The fourth-order valence-electron chi connectivity index (χ4n) is 3.11. The van der Waals surface area contributed by atoms with E-state index in [-0.39, 0.29) is 0 Å². The lowest BCUT2D eigenvalue weighted by molar-refractivity contribution is 0.768. The summed E-state index contributed by atoms with van der Waals surface area (Å²) in [5.41, 5.74) is 4.52. The number of benzene rings is 1. The smallest absolute Gasteiger partial charge is 0.180 e. The van der Waals surface area contributed by atoms with Crippen molar-refractivity contribution in [1.29, 1.82) is 0 Å². The Labute approximate surface area is 149 Å². The van der Waals surface area contributed by atoms with Crippen molar-refractivity contribution in [3.05, 3.63) is 67.5 Å². The fourth-order valence-corrected chi connectivity index (χ4v) is 3.11. The lowest BCUT2D eigenvalue weighted by Gasteiger charge is -2.09. The Balaban J connectivity index is 1.62. The molecule has 26 heavy (non-hydrogen) atoms. The van der Waals surface area contributed by atoms with Gasteiger partial charge in [0.2, 0.25) is 0 Å². The zero-order valence-electron chi connectivity index (χ0n) is 14.0. The average molecular weight is 341 g/mol. The van der Waals surface area contributed by atoms with Crippen LogP contribution in [0.2, 0.25) is 0 Å². The predicted octanol–water partition coefficient (Wildman–Crippen LogP) is 3.42. The van der Waals surface area contributed by atoms with Gasteiger partial charge in [0.05, 0.1) is 29.3 Å². The predicted molar refractivity (Wildman–Crippen MR) is 100 cm³/mol. The number of rotatable bonds is 3. The summed E-state index contributed by atoms with van der Waals surface area (Å²) in [5, 5.41) is 8.69. The molecule has 7 nitrogen and oxygen atoms in total. The minimum absolute atomic E-state index is 0.681. The molecule has 5 aromatic rings. The van der Waals surface area contributed by atoms with Crippen LogP contribution in [0.5, 0.6) is 0 Å². The van der Waals surface area contributed by atoms with Gasteiger partial charge >= 0.3 is 0 Å². The molecule has 0 radical (unpaired) electrons. The van der Waals surface area contributed by atoms with Gasteiger partial charge < -0.3 is 5.32 Å². The Morgan fingerprint density at radius 3 is 2.77 bits per heavy atom. The molecule has 0 bridgehead atoms. The van der Waals surface area contributed by atoms with E-state index in [9.17, 15) is 0 Å². The van der Waals surface area contributed by atoms with Crippen molar-refractivity contribution in [2.24, 2.45) is 7.05 Å². The summed E-state index contributed by atoms with van der Waals surface area (Å²) in [4.78, 5) is 13.5. The van der Waals surface area contributed by atoms with Crippen molar-refractivity contribution < 1.29 is 0 Å². The highest BCUT2D eigenvalue weighted by Crippen LogP contribution is 2.27. The Hall–Kier alpha value is -3.74. The van der Waals surface area contributed by atoms with Crippen LogP contribution in [-0.4, -0.2) is 29.1 Å². The quantitative estimate of drug-likeness (QED) is 0.544. The van der Waals surface area contributed by atoms with Gasteiger partial charge in [-0.05, 0) is 12.1 Å². The number of aryl methyl sites for hydroxylation is 1. The summed E-state index contributed by atoms with van der Waals surface area (Å²) < 4.78 is 3.78. The van der Waals surface area contributed by atoms with E-state index in [1.54, 1.807) is 17.1 Å². The molecule has 0 saturated heterocycles. The Morgan fingerprint density at radius 2 is 1.88 bits per heavy atom. The van der Waals surface area contributed by atoms with Crippen LogP contribution >= 0.6 is 0 Å². The molecule has 0 amide bonds. The van der Waals surface area contributed by atoms with Gasteiger partial charge in [0.15, 0.2) is 11.5 Å². The Bertz CT molecular complexity index is 1230. The molecule has 126 valence electrons. The van der Waals surface area contributed by atoms with Gasteiger partial charge in [0.1, 0.15) is 0 Å². The van der Waals surface area contributed by atoms with E-state index >= 15 is 0 Å². The lowest BCUT2D eigenvalue weighted by atomic mass is 10.2. The van der Waals surface area contributed by atoms with Crippen LogP contribution < -0.4 is 5.32 Å². The van der Waals surface area contributed by atoms with Crippen LogP contribution in [0, 0.1) is 0 Å². The van der Waals surface area contributed by atoms with E-state index in [1.807, 2.05) is 66.6 Å². The number of hydrogen-bond acceptors (Lipinski definition) is 5. The molecule has 0 fully saturated rings. The van der Waals surface area contributed by atoms with E-state index in [0.29, 0.717) is 5.82 Å². The van der Waals surface area contributed by atoms with Crippen LogP contribution in [0.25, 0.3) is 27.8 Å². The summed E-state index contributed by atoms with van der Waals surface area (Å²) >= 11 is 0. The van der Waals surface area contributed by atoms with Gasteiger partial charge in [-0.2, -0.15) is 5.10 Å². The fraction of sp³-hybridized carbons (Fsp3) is 0.0526. The van der Waals surface area contributed by atoms with Crippen LogP contribution in [0.1, 0.15) is 0 Å². The minimum Gasteiger partial charge on any atom is -0.335 e. The first-order valence-corrected chi connectivity index (χ1v) is 8.21. The standard InChI is InChI=1S/C19H15N7/c1-25-12-14(10-23-25)16-11-22-19-18(21-8-9-26(16)19)24-15-6-2-4-13-5-3-7-20-17(13)15/h2-12H,1H3,(H,21,24). The van der Waals surface area contributed by atoms with Crippen molar-refractivity contribution in [2.45, 2.75) is 0 Å². The molecule has 1 N–H and O–H groups in total. The first-order chi connectivity index (χ1) is 12.8. The number of imidazole rings is 1. The third kappa shape index (κ3) is 2.29. The second-order valence-corrected chi connectivity index (χ2v) is 6.02. The van der Waals surface area contributed by atoms with Crippen LogP contribution in [-0.2, 0) is 7.05 Å². The van der Waals surface area contributed by atoms with Gasteiger partial charge in [-0.25, -0.2) is 9.97 Å². The Kier molecular flexibility index (Phi) is 3.18. The zero-order valence-corrected chi connectivity index (χ0v) is 14.0. The number of pyridine rings is 1.